The number of carbonyl (C=O) groups excluding carboxylic acids is 2. The molecule has 2 aliphatic heterocycles. The third-order valence-electron chi connectivity index (χ3n) is 6.77. The van der Waals surface area contributed by atoms with E-state index in [1.54, 1.807) is 18.3 Å². The highest BCUT2D eigenvalue weighted by molar-refractivity contribution is 8.01. The van der Waals surface area contributed by atoms with Crippen LogP contribution in [0, 0.1) is 11.8 Å². The number of carboxylic acid groups (broad SMARTS) is 1. The number of rotatable bonds is 8. The number of β-lactam (4-membered cyclic amide) rings is 1. The van der Waals surface area contributed by atoms with Crippen LogP contribution in [0.3, 0.4) is 0 Å². The molecule has 0 saturated carbocycles. The lowest BCUT2D eigenvalue weighted by Gasteiger charge is -2.47. The smallest absolute Gasteiger partial charge is 0.243 e. The summed E-state index contributed by atoms with van der Waals surface area (Å²) in [6.07, 6.45) is 6.21. The van der Waals surface area contributed by atoms with Crippen LogP contribution in [0.15, 0.2) is 52.5 Å². The molecule has 4 heterocycles. The number of carboxylic acids is 1. The molecule has 1 amide bonds. The SMILES string of the molecule is C[C@@H](O)[C@H]1C(=O)N2C(C(=O)[O-])=C(CSc3nc4cc(CCn5cc[n+](C)c5)ccc4s3)[C@H](C)[C@H]12. The first kappa shape index (κ1) is 23.1. The van der Waals surface area contributed by atoms with Crippen molar-refractivity contribution in [3.05, 3.63) is 53.8 Å². The molecule has 178 valence electrons. The van der Waals surface area contributed by atoms with Gasteiger partial charge < -0.3 is 19.9 Å². The second kappa shape index (κ2) is 8.83. The van der Waals surface area contributed by atoms with Gasteiger partial charge in [-0.15, -0.1) is 11.3 Å². The summed E-state index contributed by atoms with van der Waals surface area (Å²) in [5, 5.41) is 21.9. The van der Waals surface area contributed by atoms with E-state index in [-0.39, 0.29) is 23.6 Å². The molecule has 1 saturated heterocycles. The molecule has 3 aromatic rings. The van der Waals surface area contributed by atoms with Crippen molar-refractivity contribution in [3.63, 3.8) is 0 Å². The molecule has 0 spiro atoms. The van der Waals surface area contributed by atoms with Gasteiger partial charge in [-0.3, -0.25) is 4.79 Å². The maximum absolute atomic E-state index is 12.5. The zero-order chi connectivity index (χ0) is 24.1. The van der Waals surface area contributed by atoms with E-state index >= 15 is 0 Å². The van der Waals surface area contributed by atoms with Crippen LogP contribution in [0.2, 0.25) is 0 Å². The van der Waals surface area contributed by atoms with E-state index in [2.05, 4.69) is 35.3 Å². The first-order chi connectivity index (χ1) is 16.2. The van der Waals surface area contributed by atoms with Crippen molar-refractivity contribution in [2.24, 2.45) is 18.9 Å². The van der Waals surface area contributed by atoms with Crippen LogP contribution >= 0.6 is 23.1 Å². The van der Waals surface area contributed by atoms with Gasteiger partial charge >= 0.3 is 0 Å². The van der Waals surface area contributed by atoms with Crippen LogP contribution in [0.4, 0.5) is 0 Å². The number of aliphatic hydroxyl groups is 1. The molecule has 34 heavy (non-hydrogen) atoms. The number of nitrogens with zero attached hydrogens (tertiary/aromatic N) is 4. The summed E-state index contributed by atoms with van der Waals surface area (Å²) >= 11 is 3.06. The molecule has 5 rings (SSSR count). The van der Waals surface area contributed by atoms with Crippen molar-refractivity contribution < 1.29 is 24.4 Å². The van der Waals surface area contributed by atoms with Crippen LogP contribution < -0.4 is 9.67 Å². The zero-order valence-electron chi connectivity index (χ0n) is 19.2. The second-order valence-electron chi connectivity index (χ2n) is 9.05. The Bertz CT molecular complexity index is 1310. The van der Waals surface area contributed by atoms with E-state index in [0.29, 0.717) is 11.3 Å². The Morgan fingerprint density at radius 2 is 2.21 bits per heavy atom. The largest absolute Gasteiger partial charge is 0.543 e. The Morgan fingerprint density at radius 1 is 1.41 bits per heavy atom. The molecule has 1 aromatic carbocycles. The van der Waals surface area contributed by atoms with Crippen molar-refractivity contribution in [3.8, 4) is 0 Å². The molecule has 1 fully saturated rings. The molecule has 10 heteroatoms. The number of hydrogen-bond donors (Lipinski definition) is 1. The van der Waals surface area contributed by atoms with Gasteiger partial charge in [-0.05, 0) is 30.2 Å². The Hall–Kier alpha value is -2.69. The topological polar surface area (TPSA) is 102 Å². The van der Waals surface area contributed by atoms with E-state index in [1.165, 1.54) is 22.2 Å². The maximum atomic E-state index is 12.5. The fourth-order valence-electron chi connectivity index (χ4n) is 5.02. The number of thiazole rings is 1. The normalized spacial score (nSPS) is 22.9. The zero-order valence-corrected chi connectivity index (χ0v) is 20.8. The quantitative estimate of drug-likeness (QED) is 0.284. The Labute approximate surface area is 205 Å². The lowest BCUT2D eigenvalue weighted by molar-refractivity contribution is -0.671. The predicted octanol–water partition coefficient (Wildman–Crippen LogP) is 1.12. The average molecular weight is 499 g/mol. The van der Waals surface area contributed by atoms with E-state index < -0.39 is 18.0 Å². The lowest BCUT2D eigenvalue weighted by Crippen LogP contribution is -2.64. The summed E-state index contributed by atoms with van der Waals surface area (Å²) in [6.45, 7) is 4.38. The van der Waals surface area contributed by atoms with Gasteiger partial charge in [0.2, 0.25) is 12.2 Å². The van der Waals surface area contributed by atoms with Crippen LogP contribution in [-0.2, 0) is 29.6 Å². The molecular weight excluding hydrogens is 472 g/mol. The van der Waals surface area contributed by atoms with Crippen molar-refractivity contribution in [1.82, 2.24) is 14.5 Å². The highest BCUT2D eigenvalue weighted by Crippen LogP contribution is 2.48. The molecule has 4 atom stereocenters. The number of hydrogen-bond acceptors (Lipinski definition) is 7. The summed E-state index contributed by atoms with van der Waals surface area (Å²) in [5.41, 5.74) is 2.79. The minimum atomic E-state index is -1.34. The van der Waals surface area contributed by atoms with Gasteiger partial charge in [0.05, 0.1) is 53.5 Å². The summed E-state index contributed by atoms with van der Waals surface area (Å²) < 4.78 is 6.10. The van der Waals surface area contributed by atoms with Crippen LogP contribution in [0.25, 0.3) is 10.2 Å². The number of aliphatic carboxylic acids is 1. The van der Waals surface area contributed by atoms with Crippen LogP contribution in [-0.4, -0.2) is 49.3 Å². The van der Waals surface area contributed by atoms with Crippen LogP contribution in [0.1, 0.15) is 19.4 Å². The van der Waals surface area contributed by atoms with E-state index in [1.807, 2.05) is 24.7 Å². The van der Waals surface area contributed by atoms with E-state index in [9.17, 15) is 19.8 Å². The molecule has 0 aliphatic carbocycles. The van der Waals surface area contributed by atoms with Gasteiger partial charge in [-0.1, -0.05) is 24.8 Å². The fraction of sp³-hybridized carbons (Fsp3) is 0.417. The second-order valence-corrected chi connectivity index (χ2v) is 11.3. The van der Waals surface area contributed by atoms with E-state index in [0.717, 1.165) is 27.5 Å². The van der Waals surface area contributed by atoms with Crippen molar-refractivity contribution in [1.29, 1.82) is 0 Å². The van der Waals surface area contributed by atoms with Gasteiger partial charge in [0.25, 0.3) is 0 Å². The fourth-order valence-corrected chi connectivity index (χ4v) is 7.22. The highest BCUT2D eigenvalue weighted by Gasteiger charge is 2.58. The summed E-state index contributed by atoms with van der Waals surface area (Å²) in [7, 11) is 2.00. The number of aromatic nitrogens is 3. The Balaban J connectivity index is 1.30. The summed E-state index contributed by atoms with van der Waals surface area (Å²) in [6, 6.07) is 6.00. The molecule has 8 nitrogen and oxygen atoms in total. The van der Waals surface area contributed by atoms with Crippen molar-refractivity contribution >= 4 is 45.2 Å². The summed E-state index contributed by atoms with van der Waals surface area (Å²) in [5.74, 6) is -2.00. The monoisotopic (exact) mass is 498 g/mol. The van der Waals surface area contributed by atoms with Crippen molar-refractivity contribution in [2.75, 3.05) is 5.75 Å². The molecule has 0 bridgehead atoms. The summed E-state index contributed by atoms with van der Waals surface area (Å²) in [4.78, 5) is 30.4. The molecule has 2 aromatic heterocycles. The highest BCUT2D eigenvalue weighted by atomic mass is 32.2. The number of imidazole rings is 1. The number of carbonyl (C=O) groups is 2. The molecule has 1 N–H and O–H groups in total. The van der Waals surface area contributed by atoms with E-state index in [4.69, 9.17) is 4.98 Å². The Morgan fingerprint density at radius 3 is 2.88 bits per heavy atom. The van der Waals surface area contributed by atoms with Gasteiger partial charge in [-0.2, -0.15) is 0 Å². The number of benzene rings is 1. The third-order valence-corrected chi connectivity index (χ3v) is 9.00. The number of amides is 1. The minimum absolute atomic E-state index is 0.0336. The number of aryl methyl sites for hydroxylation is 3. The number of thioether (sulfide) groups is 1. The Kier molecular flexibility index (Phi) is 5.99. The molecule has 0 radical (unpaired) electrons. The van der Waals surface area contributed by atoms with Gasteiger partial charge in [-0.25, -0.2) is 14.1 Å². The number of fused-ring (bicyclic) bond motifs is 2. The standard InChI is InChI=1S/C24H26N4O4S2/c1-13-16(21(23(31)32)28-20(13)19(14(2)29)22(28)30)11-33-24-25-17-10-15(4-5-18(17)34-24)6-7-27-9-8-26(3)12-27/h4-5,8-10,12-14,19-20,29H,6-7,11H2,1-3H3/t13-,14+,19+,20+/m0/s1. The molecular formula is C24H26N4O4S2. The van der Waals surface area contributed by atoms with Crippen molar-refractivity contribution in [2.45, 2.75) is 43.3 Å². The molecule has 0 unspecified atom stereocenters. The first-order valence-electron chi connectivity index (χ1n) is 11.2. The predicted molar refractivity (Wildman–Crippen MR) is 127 cm³/mol. The number of aliphatic hydroxyl groups excluding tert-OH is 1. The first-order valence-corrected chi connectivity index (χ1v) is 13.0. The minimum Gasteiger partial charge on any atom is -0.543 e. The third kappa shape index (κ3) is 3.93. The van der Waals surface area contributed by atoms with Crippen LogP contribution in [0.5, 0.6) is 0 Å². The maximum Gasteiger partial charge on any atom is 0.243 e. The lowest BCUT2D eigenvalue weighted by atomic mass is 9.78. The van der Waals surface area contributed by atoms with Gasteiger partial charge in [0.1, 0.15) is 12.4 Å². The molecule has 2 aliphatic rings. The average Bonchev–Trinajstić information content (AvgIpc) is 3.44. The van der Waals surface area contributed by atoms with Gasteiger partial charge in [0.15, 0.2) is 4.34 Å². The van der Waals surface area contributed by atoms with Gasteiger partial charge in [0, 0.05) is 18.1 Å².